The maximum Gasteiger partial charge on any atom is 0.347 e. The quantitative estimate of drug-likeness (QED) is 0.865. The normalized spacial score (nSPS) is 22.2. The Kier molecular flexibility index (Phi) is 4.13. The number of nitrogens with one attached hydrogen (secondary N) is 2. The van der Waals surface area contributed by atoms with Gasteiger partial charge in [-0.05, 0) is 32.1 Å². The van der Waals surface area contributed by atoms with E-state index < -0.39 is 0 Å². The minimum atomic E-state index is -0.166. The molecule has 24 heavy (non-hydrogen) atoms. The summed E-state index contributed by atoms with van der Waals surface area (Å²) in [6.45, 7) is 1.53. The number of carbonyl (C=O) groups is 2. The summed E-state index contributed by atoms with van der Waals surface area (Å²) >= 11 is 0. The molecule has 0 aromatic carbocycles. The molecule has 2 fully saturated rings. The number of imidazole rings is 1. The van der Waals surface area contributed by atoms with Crippen molar-refractivity contribution in [3.8, 4) is 0 Å². The van der Waals surface area contributed by atoms with E-state index in [9.17, 15) is 9.59 Å². The topological polar surface area (TPSA) is 82.5 Å². The Balaban J connectivity index is 1.53. The summed E-state index contributed by atoms with van der Waals surface area (Å²) in [5, 5.41) is 1.64. The van der Waals surface area contributed by atoms with Gasteiger partial charge >= 0.3 is 6.03 Å². The van der Waals surface area contributed by atoms with Gasteiger partial charge in [0.2, 0.25) is 0 Å². The lowest BCUT2D eigenvalue weighted by atomic mass is 9.95. The molecule has 0 atom stereocenters. The molecule has 0 bridgehead atoms. The van der Waals surface area contributed by atoms with E-state index in [1.54, 1.807) is 5.01 Å². The molecule has 0 spiro atoms. The van der Waals surface area contributed by atoms with Gasteiger partial charge in [0.15, 0.2) is 11.5 Å². The van der Waals surface area contributed by atoms with Crippen molar-refractivity contribution in [2.24, 2.45) is 0 Å². The number of aromatic nitrogens is 2. The zero-order valence-electron chi connectivity index (χ0n) is 13.8. The third-order valence-electron chi connectivity index (χ3n) is 5.26. The molecule has 1 aromatic heterocycles. The van der Waals surface area contributed by atoms with Gasteiger partial charge in [-0.3, -0.25) is 10.2 Å². The van der Waals surface area contributed by atoms with E-state index in [4.69, 9.17) is 0 Å². The standard InChI is InChI=1S/C16H24N6O2/c23-15(20-9-5-2-6-10-20)13-14-18-19-22(12-7-3-1-4-8-12)16(24)21(14)11-17-13/h11-12,18-19H,1-10H2. The maximum absolute atomic E-state index is 12.7. The van der Waals surface area contributed by atoms with Gasteiger partial charge in [-0.2, -0.15) is 0 Å². The van der Waals surface area contributed by atoms with Crippen LogP contribution in [0.2, 0.25) is 0 Å². The van der Waals surface area contributed by atoms with E-state index in [0.29, 0.717) is 11.5 Å². The molecule has 0 radical (unpaired) electrons. The van der Waals surface area contributed by atoms with Gasteiger partial charge in [0.05, 0.1) is 6.04 Å². The van der Waals surface area contributed by atoms with Gasteiger partial charge < -0.3 is 4.90 Å². The Morgan fingerprint density at radius 3 is 2.54 bits per heavy atom. The highest BCUT2D eigenvalue weighted by Gasteiger charge is 2.34. The molecule has 130 valence electrons. The van der Waals surface area contributed by atoms with Crippen LogP contribution < -0.4 is 11.0 Å². The molecular formula is C16H24N6O2. The number of nitrogens with zero attached hydrogens (tertiary/aromatic N) is 4. The minimum Gasteiger partial charge on any atom is -0.337 e. The second kappa shape index (κ2) is 6.43. The van der Waals surface area contributed by atoms with E-state index in [-0.39, 0.29) is 18.0 Å². The second-order valence-electron chi connectivity index (χ2n) is 6.85. The summed E-state index contributed by atoms with van der Waals surface area (Å²) in [4.78, 5) is 31.5. The molecule has 2 N–H and O–H groups in total. The van der Waals surface area contributed by atoms with E-state index in [2.05, 4.69) is 15.9 Å². The third-order valence-corrected chi connectivity index (χ3v) is 5.26. The zero-order chi connectivity index (χ0) is 16.5. The van der Waals surface area contributed by atoms with Crippen LogP contribution >= 0.6 is 0 Å². The Hall–Kier alpha value is -2.09. The molecule has 1 saturated carbocycles. The van der Waals surface area contributed by atoms with Gasteiger partial charge in [0.1, 0.15) is 6.33 Å². The minimum absolute atomic E-state index is 0.100. The lowest BCUT2D eigenvalue weighted by Gasteiger charge is -2.37. The fourth-order valence-electron chi connectivity index (χ4n) is 3.88. The van der Waals surface area contributed by atoms with Crippen molar-refractivity contribution >= 4 is 17.8 Å². The van der Waals surface area contributed by atoms with Gasteiger partial charge in [-0.15, -0.1) is 5.53 Å². The number of anilines is 1. The number of hydrogen-bond acceptors (Lipinski definition) is 5. The molecule has 2 amide bonds. The van der Waals surface area contributed by atoms with E-state index in [0.717, 1.165) is 51.6 Å². The number of likely N-dealkylation sites (tertiary alicyclic amines) is 1. The Labute approximate surface area is 141 Å². The predicted octanol–water partition coefficient (Wildman–Crippen LogP) is 1.96. The Morgan fingerprint density at radius 1 is 1.08 bits per heavy atom. The maximum atomic E-state index is 12.7. The summed E-state index contributed by atoms with van der Waals surface area (Å²) in [5.74, 6) is 0.347. The van der Waals surface area contributed by atoms with Gasteiger partial charge in [-0.25, -0.2) is 19.4 Å². The Morgan fingerprint density at radius 2 is 1.79 bits per heavy atom. The van der Waals surface area contributed by atoms with Crippen LogP contribution in [0.1, 0.15) is 61.9 Å². The summed E-state index contributed by atoms with van der Waals surface area (Å²) in [6, 6.07) is 0.0244. The molecule has 3 heterocycles. The van der Waals surface area contributed by atoms with E-state index in [1.807, 2.05) is 4.90 Å². The molecule has 3 aliphatic rings. The number of fused-ring (bicyclic) bond motifs is 1. The van der Waals surface area contributed by atoms with Crippen molar-refractivity contribution < 1.29 is 9.59 Å². The molecule has 0 unspecified atom stereocenters. The predicted molar refractivity (Wildman–Crippen MR) is 88.2 cm³/mol. The molecule has 1 aromatic rings. The summed E-state index contributed by atoms with van der Waals surface area (Å²) in [6.07, 6.45) is 10.2. The fourth-order valence-corrected chi connectivity index (χ4v) is 3.88. The van der Waals surface area contributed by atoms with Gasteiger partial charge in [0.25, 0.3) is 5.91 Å². The molecule has 8 heteroatoms. The number of hydrazine groups is 2. The second-order valence-corrected chi connectivity index (χ2v) is 6.85. The van der Waals surface area contributed by atoms with E-state index in [1.165, 1.54) is 23.7 Å². The SMILES string of the molecule is O=C(c1ncn2c1NNN(C1CCCCC1)C2=O)N1CCCCC1. The molecular weight excluding hydrogens is 308 g/mol. The molecule has 4 rings (SSSR count). The Bertz CT molecular complexity index is 631. The highest BCUT2D eigenvalue weighted by molar-refractivity contribution is 5.99. The van der Waals surface area contributed by atoms with Crippen LogP contribution in [0.15, 0.2) is 6.33 Å². The highest BCUT2D eigenvalue weighted by atomic mass is 16.2. The van der Waals surface area contributed by atoms with Gasteiger partial charge in [0, 0.05) is 13.1 Å². The average Bonchev–Trinajstić information content (AvgIpc) is 3.08. The van der Waals surface area contributed by atoms with Crippen LogP contribution in [0.25, 0.3) is 0 Å². The van der Waals surface area contributed by atoms with Crippen LogP contribution in [0, 0.1) is 0 Å². The number of carbonyl (C=O) groups excluding carboxylic acids is 2. The third kappa shape index (κ3) is 2.64. The summed E-state index contributed by atoms with van der Waals surface area (Å²) in [7, 11) is 0. The first kappa shape index (κ1) is 15.4. The van der Waals surface area contributed by atoms with Crippen LogP contribution in [-0.4, -0.2) is 50.5 Å². The highest BCUT2D eigenvalue weighted by Crippen LogP contribution is 2.26. The first-order valence-corrected chi connectivity index (χ1v) is 8.97. The van der Waals surface area contributed by atoms with Gasteiger partial charge in [-0.1, -0.05) is 19.3 Å². The largest absolute Gasteiger partial charge is 0.347 e. The average molecular weight is 332 g/mol. The van der Waals surface area contributed by atoms with Crippen LogP contribution in [0.5, 0.6) is 0 Å². The van der Waals surface area contributed by atoms with Crippen molar-refractivity contribution in [3.05, 3.63) is 12.0 Å². The lowest BCUT2D eigenvalue weighted by Crippen LogP contribution is -2.57. The molecule has 2 aliphatic heterocycles. The summed E-state index contributed by atoms with van der Waals surface area (Å²) in [5.41, 5.74) is 6.32. The van der Waals surface area contributed by atoms with Crippen LogP contribution in [-0.2, 0) is 0 Å². The van der Waals surface area contributed by atoms with Crippen molar-refractivity contribution in [3.63, 3.8) is 0 Å². The number of rotatable bonds is 2. The molecule has 1 aliphatic carbocycles. The first-order chi connectivity index (χ1) is 11.8. The van der Waals surface area contributed by atoms with Crippen LogP contribution in [0.4, 0.5) is 10.6 Å². The monoisotopic (exact) mass is 332 g/mol. The van der Waals surface area contributed by atoms with Crippen molar-refractivity contribution in [1.82, 2.24) is 25.0 Å². The van der Waals surface area contributed by atoms with Crippen molar-refractivity contribution in [1.29, 1.82) is 0 Å². The lowest BCUT2D eigenvalue weighted by molar-refractivity contribution is 0.0719. The van der Waals surface area contributed by atoms with E-state index >= 15 is 0 Å². The summed E-state index contributed by atoms with van der Waals surface area (Å²) < 4.78 is 1.45. The smallest absolute Gasteiger partial charge is 0.337 e. The van der Waals surface area contributed by atoms with Crippen molar-refractivity contribution in [2.45, 2.75) is 57.4 Å². The molecule has 1 saturated heterocycles. The fraction of sp³-hybridized carbons (Fsp3) is 0.688. The number of amides is 2. The number of hydrogen-bond donors (Lipinski definition) is 2. The van der Waals surface area contributed by atoms with Crippen molar-refractivity contribution in [2.75, 3.05) is 18.5 Å². The first-order valence-electron chi connectivity index (χ1n) is 8.97. The molecule has 8 nitrogen and oxygen atoms in total. The van der Waals surface area contributed by atoms with Crippen LogP contribution in [0.3, 0.4) is 0 Å². The zero-order valence-corrected chi connectivity index (χ0v) is 13.8. The number of piperidine rings is 1.